The molecule has 0 saturated carbocycles. The van der Waals surface area contributed by atoms with E-state index in [1.54, 1.807) is 13.8 Å². The van der Waals surface area contributed by atoms with Gasteiger partial charge in [-0.15, -0.1) is 11.6 Å². The summed E-state index contributed by atoms with van der Waals surface area (Å²) >= 11 is 11.2. The maximum Gasteiger partial charge on any atom is 0.320 e. The van der Waals surface area contributed by atoms with Crippen LogP contribution in [0.4, 0.5) is 0 Å². The predicted octanol–water partition coefficient (Wildman–Crippen LogP) is 4.68. The van der Waals surface area contributed by atoms with Crippen LogP contribution >= 0.6 is 23.2 Å². The molecule has 0 unspecified atom stereocenters. The highest BCUT2D eigenvalue weighted by molar-refractivity contribution is 6.66. The Morgan fingerprint density at radius 2 is 1.45 bits per heavy atom. The number of alkyl halides is 1. The maximum atomic E-state index is 12.0. The summed E-state index contributed by atoms with van der Waals surface area (Å²) in [6, 6.07) is 0. The van der Waals surface area contributed by atoms with Gasteiger partial charge in [0.25, 0.3) is 0 Å². The minimum Gasteiger partial charge on any atom is -0.465 e. The summed E-state index contributed by atoms with van der Waals surface area (Å²) in [5, 5.41) is -0.617. The quantitative estimate of drug-likeness (QED) is 0.172. The number of esters is 1. The lowest BCUT2D eigenvalue weighted by Crippen LogP contribution is -2.37. The van der Waals surface area contributed by atoms with Crippen LogP contribution in [0.5, 0.6) is 0 Å². The SMILES string of the molecule is CCC(CC)(C(=O)Cl)C(=O)OCCCCCCCCCl. The highest BCUT2D eigenvalue weighted by Crippen LogP contribution is 2.31. The van der Waals surface area contributed by atoms with Gasteiger partial charge in [0.15, 0.2) is 0 Å². The molecule has 0 amide bonds. The van der Waals surface area contributed by atoms with Gasteiger partial charge in [-0.25, -0.2) is 0 Å². The second-order valence-electron chi connectivity index (χ2n) is 5.01. The van der Waals surface area contributed by atoms with Crippen LogP contribution < -0.4 is 0 Å². The molecule has 0 aromatic carbocycles. The van der Waals surface area contributed by atoms with Crippen LogP contribution in [0.25, 0.3) is 0 Å². The van der Waals surface area contributed by atoms with Gasteiger partial charge in [0, 0.05) is 5.88 Å². The summed E-state index contributed by atoms with van der Waals surface area (Å²) in [5.74, 6) is 0.241. The minimum absolute atomic E-state index is 0.361. The third-order valence-electron chi connectivity index (χ3n) is 3.74. The number of halogens is 2. The first kappa shape index (κ1) is 19.7. The van der Waals surface area contributed by atoms with E-state index in [1.165, 1.54) is 0 Å². The number of hydrogen-bond acceptors (Lipinski definition) is 3. The molecule has 0 atom stereocenters. The number of hydrogen-bond donors (Lipinski definition) is 0. The van der Waals surface area contributed by atoms with Crippen molar-refractivity contribution >= 4 is 34.4 Å². The zero-order chi connectivity index (χ0) is 15.4. The van der Waals surface area contributed by atoms with Crippen molar-refractivity contribution in [2.45, 2.75) is 65.2 Å². The van der Waals surface area contributed by atoms with Crippen molar-refractivity contribution in [3.8, 4) is 0 Å². The molecule has 0 spiro atoms. The van der Waals surface area contributed by atoms with E-state index in [2.05, 4.69) is 0 Å². The fourth-order valence-corrected chi connectivity index (χ4v) is 2.64. The van der Waals surface area contributed by atoms with Gasteiger partial charge in [0.1, 0.15) is 5.41 Å². The van der Waals surface area contributed by atoms with E-state index in [1.807, 2.05) is 0 Å². The van der Waals surface area contributed by atoms with Crippen LogP contribution in [0.3, 0.4) is 0 Å². The molecule has 118 valence electrons. The van der Waals surface area contributed by atoms with Gasteiger partial charge in [0.05, 0.1) is 6.61 Å². The lowest BCUT2D eigenvalue weighted by atomic mass is 9.84. The third kappa shape index (κ3) is 6.45. The Balaban J connectivity index is 3.89. The van der Waals surface area contributed by atoms with Gasteiger partial charge in [-0.05, 0) is 37.3 Å². The molecule has 0 aliphatic rings. The normalized spacial score (nSPS) is 11.4. The largest absolute Gasteiger partial charge is 0.465 e. The molecule has 0 saturated heterocycles. The molecule has 0 fully saturated rings. The molecule has 0 aromatic heterocycles. The topological polar surface area (TPSA) is 43.4 Å². The first-order chi connectivity index (χ1) is 9.55. The van der Waals surface area contributed by atoms with Gasteiger partial charge < -0.3 is 4.74 Å². The smallest absolute Gasteiger partial charge is 0.320 e. The van der Waals surface area contributed by atoms with Crippen molar-refractivity contribution in [2.75, 3.05) is 12.5 Å². The molecule has 0 aliphatic carbocycles. The van der Waals surface area contributed by atoms with Crippen molar-refractivity contribution in [1.82, 2.24) is 0 Å². The molecular weight excluding hydrogens is 299 g/mol. The van der Waals surface area contributed by atoms with Gasteiger partial charge in [-0.2, -0.15) is 0 Å². The van der Waals surface area contributed by atoms with Gasteiger partial charge >= 0.3 is 5.97 Å². The molecule has 20 heavy (non-hydrogen) atoms. The molecule has 0 N–H and O–H groups in total. The number of carbonyl (C=O) groups excluding carboxylic acids is 2. The fraction of sp³-hybridized carbons (Fsp3) is 0.867. The summed E-state index contributed by atoms with van der Waals surface area (Å²) in [4.78, 5) is 23.5. The Bertz CT molecular complexity index is 289. The van der Waals surface area contributed by atoms with Crippen LogP contribution in [0.15, 0.2) is 0 Å². The van der Waals surface area contributed by atoms with Crippen LogP contribution in [0, 0.1) is 5.41 Å². The summed E-state index contributed by atoms with van der Waals surface area (Å²) in [7, 11) is 0. The minimum atomic E-state index is -1.16. The van der Waals surface area contributed by atoms with Gasteiger partial charge in [-0.3, -0.25) is 9.59 Å². The standard InChI is InChI=1S/C15H26Cl2O3/c1-3-15(4-2,13(17)18)14(19)20-12-10-8-6-5-7-9-11-16/h3-12H2,1-2H3. The second kappa shape index (κ2) is 11.4. The van der Waals surface area contributed by atoms with Crippen molar-refractivity contribution < 1.29 is 14.3 Å². The Labute approximate surface area is 132 Å². The average molecular weight is 325 g/mol. The van der Waals surface area contributed by atoms with E-state index >= 15 is 0 Å². The molecule has 0 bridgehead atoms. The lowest BCUT2D eigenvalue weighted by molar-refractivity contribution is -0.159. The number of rotatable bonds is 12. The van der Waals surface area contributed by atoms with E-state index < -0.39 is 16.6 Å². The molecular formula is C15H26Cl2O3. The van der Waals surface area contributed by atoms with Crippen molar-refractivity contribution in [3.63, 3.8) is 0 Å². The van der Waals surface area contributed by atoms with E-state index in [4.69, 9.17) is 27.9 Å². The summed E-state index contributed by atoms with van der Waals surface area (Å²) in [6.45, 7) is 3.92. The molecule has 0 heterocycles. The van der Waals surface area contributed by atoms with Crippen molar-refractivity contribution in [1.29, 1.82) is 0 Å². The molecule has 0 aromatic rings. The second-order valence-corrected chi connectivity index (χ2v) is 5.73. The average Bonchev–Trinajstić information content (AvgIpc) is 2.43. The summed E-state index contributed by atoms with van der Waals surface area (Å²) in [6.07, 6.45) is 7.10. The first-order valence-corrected chi connectivity index (χ1v) is 8.39. The maximum absolute atomic E-state index is 12.0. The summed E-state index contributed by atoms with van der Waals surface area (Å²) < 4.78 is 5.21. The number of carbonyl (C=O) groups is 2. The predicted molar refractivity (Wildman–Crippen MR) is 83.3 cm³/mol. The number of unbranched alkanes of at least 4 members (excludes halogenated alkanes) is 5. The number of ether oxygens (including phenoxy) is 1. The molecule has 0 radical (unpaired) electrons. The fourth-order valence-electron chi connectivity index (χ4n) is 2.10. The Morgan fingerprint density at radius 1 is 0.950 bits per heavy atom. The highest BCUT2D eigenvalue weighted by atomic mass is 35.5. The Kier molecular flexibility index (Phi) is 11.2. The highest BCUT2D eigenvalue weighted by Gasteiger charge is 2.43. The van der Waals surface area contributed by atoms with Gasteiger partial charge in [0.2, 0.25) is 5.24 Å². The molecule has 5 heteroatoms. The van der Waals surface area contributed by atoms with Crippen molar-refractivity contribution in [3.05, 3.63) is 0 Å². The van der Waals surface area contributed by atoms with E-state index in [-0.39, 0.29) is 0 Å². The van der Waals surface area contributed by atoms with Gasteiger partial charge in [-0.1, -0.05) is 39.5 Å². The Hall–Kier alpha value is -0.280. The van der Waals surface area contributed by atoms with E-state index in [0.717, 1.165) is 44.4 Å². The lowest BCUT2D eigenvalue weighted by Gasteiger charge is -2.24. The van der Waals surface area contributed by atoms with Crippen LogP contribution in [0.2, 0.25) is 0 Å². The van der Waals surface area contributed by atoms with Crippen molar-refractivity contribution in [2.24, 2.45) is 5.41 Å². The Morgan fingerprint density at radius 3 is 1.90 bits per heavy atom. The zero-order valence-electron chi connectivity index (χ0n) is 12.6. The monoisotopic (exact) mass is 324 g/mol. The van der Waals surface area contributed by atoms with E-state index in [0.29, 0.717) is 19.4 Å². The van der Waals surface area contributed by atoms with Crippen LogP contribution in [-0.4, -0.2) is 23.7 Å². The van der Waals surface area contributed by atoms with Crippen LogP contribution in [-0.2, 0) is 14.3 Å². The summed E-state index contributed by atoms with van der Waals surface area (Å²) in [5.41, 5.74) is -1.16. The first-order valence-electron chi connectivity index (χ1n) is 7.48. The van der Waals surface area contributed by atoms with Crippen LogP contribution in [0.1, 0.15) is 65.2 Å². The molecule has 0 rings (SSSR count). The zero-order valence-corrected chi connectivity index (χ0v) is 14.1. The van der Waals surface area contributed by atoms with E-state index in [9.17, 15) is 9.59 Å². The molecule has 0 aliphatic heterocycles. The third-order valence-corrected chi connectivity index (χ3v) is 4.36. The molecule has 3 nitrogen and oxygen atoms in total.